The monoisotopic (exact) mass is 193 g/mol. The summed E-state index contributed by atoms with van der Waals surface area (Å²) in [6.07, 6.45) is 8.32. The van der Waals surface area contributed by atoms with E-state index in [4.69, 9.17) is 0 Å². The molecule has 0 atom stereocenters. The van der Waals surface area contributed by atoms with Crippen molar-refractivity contribution in [1.29, 1.82) is 0 Å². The van der Waals surface area contributed by atoms with E-state index in [1.54, 1.807) is 11.8 Å². The van der Waals surface area contributed by atoms with Crippen molar-refractivity contribution >= 4 is 11.8 Å². The first-order chi connectivity index (χ1) is 6.34. The summed E-state index contributed by atoms with van der Waals surface area (Å²) in [5, 5.41) is 2.15. The number of hydrogen-bond acceptors (Lipinski definition) is 2. The molecule has 0 saturated carbocycles. The van der Waals surface area contributed by atoms with Crippen molar-refractivity contribution < 1.29 is 0 Å². The molecule has 1 heterocycles. The van der Waals surface area contributed by atoms with Gasteiger partial charge in [0, 0.05) is 17.3 Å². The largest absolute Gasteiger partial charge is 0.264 e. The van der Waals surface area contributed by atoms with Gasteiger partial charge in [-0.2, -0.15) is 0 Å². The predicted octanol–water partition coefficient (Wildman–Crippen LogP) is 3.80. The van der Waals surface area contributed by atoms with Crippen LogP contribution in [0.15, 0.2) is 34.8 Å². The lowest BCUT2D eigenvalue weighted by Gasteiger charge is -1.98. The van der Waals surface area contributed by atoms with Crippen LogP contribution in [0.3, 0.4) is 0 Å². The number of allylic oxidation sites excluding steroid dienone is 1. The number of rotatable bonds is 4. The van der Waals surface area contributed by atoms with E-state index in [1.165, 1.54) is 16.9 Å². The Kier molecular flexibility index (Phi) is 4.61. The van der Waals surface area contributed by atoms with Crippen LogP contribution in [0.1, 0.15) is 25.3 Å². The minimum Gasteiger partial charge on any atom is -0.264 e. The third-order valence-corrected chi connectivity index (χ3v) is 2.75. The predicted molar refractivity (Wildman–Crippen MR) is 58.9 cm³/mol. The van der Waals surface area contributed by atoms with E-state index < -0.39 is 0 Å². The maximum atomic E-state index is 4.09. The fraction of sp³-hybridized carbons (Fsp3) is 0.364. The van der Waals surface area contributed by atoms with Gasteiger partial charge < -0.3 is 0 Å². The summed E-state index contributed by atoms with van der Waals surface area (Å²) in [5.74, 6) is 0. The highest BCUT2D eigenvalue weighted by Gasteiger charge is 1.93. The van der Waals surface area contributed by atoms with Crippen LogP contribution in [0.5, 0.6) is 0 Å². The average molecular weight is 193 g/mol. The fourth-order valence-electron chi connectivity index (χ4n) is 0.929. The lowest BCUT2D eigenvalue weighted by molar-refractivity contribution is 0.960. The van der Waals surface area contributed by atoms with Gasteiger partial charge in [0.25, 0.3) is 0 Å². The summed E-state index contributed by atoms with van der Waals surface area (Å²) >= 11 is 1.74. The Morgan fingerprint density at radius 3 is 3.08 bits per heavy atom. The Bertz CT molecular complexity index is 281. The summed E-state index contributed by atoms with van der Waals surface area (Å²) in [6, 6.07) is 2.04. The summed E-state index contributed by atoms with van der Waals surface area (Å²) in [5.41, 5.74) is 1.29. The van der Waals surface area contributed by atoms with Gasteiger partial charge in [0.1, 0.15) is 0 Å². The maximum Gasteiger partial charge on any atom is 0.0410 e. The van der Waals surface area contributed by atoms with Crippen molar-refractivity contribution in [2.75, 3.05) is 0 Å². The summed E-state index contributed by atoms with van der Waals surface area (Å²) in [6.45, 7) is 4.29. The van der Waals surface area contributed by atoms with Crippen LogP contribution in [0.4, 0.5) is 0 Å². The standard InChI is InChI=1S/C11H15NS/c1-3-4-5-8-13-11-9-12-7-6-10(11)2/h5-9H,3-4H2,1-2H3/b8-5+. The molecular weight excluding hydrogens is 178 g/mol. The Labute approximate surface area is 84.3 Å². The molecule has 0 unspecified atom stereocenters. The number of pyridine rings is 1. The second-order valence-corrected chi connectivity index (χ2v) is 3.87. The zero-order chi connectivity index (χ0) is 9.52. The van der Waals surface area contributed by atoms with E-state index >= 15 is 0 Å². The van der Waals surface area contributed by atoms with Gasteiger partial charge in [-0.3, -0.25) is 4.98 Å². The first-order valence-corrected chi connectivity index (χ1v) is 5.45. The summed E-state index contributed by atoms with van der Waals surface area (Å²) in [7, 11) is 0. The zero-order valence-corrected chi connectivity index (χ0v) is 8.97. The van der Waals surface area contributed by atoms with Gasteiger partial charge in [-0.05, 0) is 30.4 Å². The van der Waals surface area contributed by atoms with Crippen LogP contribution in [0.2, 0.25) is 0 Å². The van der Waals surface area contributed by atoms with E-state index in [0.717, 1.165) is 6.42 Å². The number of aromatic nitrogens is 1. The molecular formula is C11H15NS. The van der Waals surface area contributed by atoms with Crippen molar-refractivity contribution in [3.8, 4) is 0 Å². The molecule has 13 heavy (non-hydrogen) atoms. The van der Waals surface area contributed by atoms with E-state index in [0.29, 0.717) is 0 Å². The van der Waals surface area contributed by atoms with Crippen molar-refractivity contribution in [1.82, 2.24) is 4.98 Å². The molecule has 1 nitrogen and oxygen atoms in total. The normalized spacial score (nSPS) is 10.9. The van der Waals surface area contributed by atoms with E-state index in [2.05, 4.69) is 30.3 Å². The maximum absolute atomic E-state index is 4.09. The quantitative estimate of drug-likeness (QED) is 0.675. The number of unbranched alkanes of at least 4 members (excludes halogenated alkanes) is 1. The van der Waals surface area contributed by atoms with Gasteiger partial charge in [-0.25, -0.2) is 0 Å². The molecule has 70 valence electrons. The highest BCUT2D eigenvalue weighted by atomic mass is 32.2. The molecule has 2 heteroatoms. The molecule has 0 aliphatic carbocycles. The molecule has 0 saturated heterocycles. The van der Waals surface area contributed by atoms with Gasteiger partial charge in [-0.15, -0.1) is 0 Å². The lowest BCUT2D eigenvalue weighted by atomic mass is 10.3. The number of thioether (sulfide) groups is 1. The number of hydrogen-bond donors (Lipinski definition) is 0. The Hall–Kier alpha value is -0.760. The molecule has 0 N–H and O–H groups in total. The molecule has 0 fully saturated rings. The minimum absolute atomic E-state index is 1.16. The molecule has 1 rings (SSSR count). The SMILES string of the molecule is CCC/C=C/Sc1cnccc1C. The Morgan fingerprint density at radius 1 is 1.54 bits per heavy atom. The second-order valence-electron chi connectivity index (χ2n) is 2.92. The van der Waals surface area contributed by atoms with Crippen LogP contribution in [-0.2, 0) is 0 Å². The van der Waals surface area contributed by atoms with Gasteiger partial charge in [0.15, 0.2) is 0 Å². The summed E-state index contributed by atoms with van der Waals surface area (Å²) in [4.78, 5) is 5.33. The molecule has 0 bridgehead atoms. The van der Waals surface area contributed by atoms with Crippen molar-refractivity contribution in [3.05, 3.63) is 35.5 Å². The molecule has 0 aliphatic rings. The molecule has 1 aromatic heterocycles. The zero-order valence-electron chi connectivity index (χ0n) is 8.16. The number of aryl methyl sites for hydroxylation is 1. The Balaban J connectivity index is 2.49. The van der Waals surface area contributed by atoms with Gasteiger partial charge in [0.2, 0.25) is 0 Å². The molecule has 0 aromatic carbocycles. The van der Waals surface area contributed by atoms with E-state index in [-0.39, 0.29) is 0 Å². The van der Waals surface area contributed by atoms with Crippen molar-refractivity contribution in [2.45, 2.75) is 31.6 Å². The van der Waals surface area contributed by atoms with Gasteiger partial charge in [-0.1, -0.05) is 31.2 Å². The first-order valence-electron chi connectivity index (χ1n) is 4.57. The lowest BCUT2D eigenvalue weighted by Crippen LogP contribution is -1.78. The fourth-order valence-corrected chi connectivity index (χ4v) is 1.68. The van der Waals surface area contributed by atoms with E-state index in [9.17, 15) is 0 Å². The molecule has 1 aromatic rings. The highest BCUT2D eigenvalue weighted by Crippen LogP contribution is 2.21. The first kappa shape index (κ1) is 10.3. The third-order valence-electron chi connectivity index (χ3n) is 1.74. The van der Waals surface area contributed by atoms with Crippen LogP contribution in [0, 0.1) is 6.92 Å². The molecule has 0 amide bonds. The van der Waals surface area contributed by atoms with Crippen LogP contribution < -0.4 is 0 Å². The van der Waals surface area contributed by atoms with Gasteiger partial charge in [0.05, 0.1) is 0 Å². The van der Waals surface area contributed by atoms with Gasteiger partial charge >= 0.3 is 0 Å². The minimum atomic E-state index is 1.16. The van der Waals surface area contributed by atoms with Crippen LogP contribution in [-0.4, -0.2) is 4.98 Å². The second kappa shape index (κ2) is 5.81. The third kappa shape index (κ3) is 3.64. The average Bonchev–Trinajstić information content (AvgIpc) is 2.15. The molecule has 0 aliphatic heterocycles. The van der Waals surface area contributed by atoms with Crippen molar-refractivity contribution in [3.63, 3.8) is 0 Å². The highest BCUT2D eigenvalue weighted by molar-refractivity contribution is 8.02. The Morgan fingerprint density at radius 2 is 2.38 bits per heavy atom. The summed E-state index contributed by atoms with van der Waals surface area (Å²) < 4.78 is 0. The topological polar surface area (TPSA) is 12.9 Å². The smallest absolute Gasteiger partial charge is 0.0410 e. The molecule has 0 spiro atoms. The van der Waals surface area contributed by atoms with Crippen LogP contribution in [0.25, 0.3) is 0 Å². The van der Waals surface area contributed by atoms with Crippen LogP contribution >= 0.6 is 11.8 Å². The number of nitrogens with zero attached hydrogens (tertiary/aromatic N) is 1. The molecule has 0 radical (unpaired) electrons. The van der Waals surface area contributed by atoms with E-state index in [1.807, 2.05) is 18.5 Å². The van der Waals surface area contributed by atoms with Crippen molar-refractivity contribution in [2.24, 2.45) is 0 Å².